The zero-order valence-electron chi connectivity index (χ0n) is 16.7. The van der Waals surface area contributed by atoms with E-state index in [1.165, 1.54) is 16.2 Å². The van der Waals surface area contributed by atoms with Crippen LogP contribution < -0.4 is 10.6 Å². The highest BCUT2D eigenvalue weighted by Gasteiger charge is 2.28. The number of esters is 1. The lowest BCUT2D eigenvalue weighted by molar-refractivity contribution is -0.119. The maximum absolute atomic E-state index is 12.6. The number of anilines is 1. The molecule has 1 unspecified atom stereocenters. The molecule has 29 heavy (non-hydrogen) atoms. The summed E-state index contributed by atoms with van der Waals surface area (Å²) in [5.41, 5.74) is 2.73. The molecule has 1 aromatic heterocycles. The first-order valence-electron chi connectivity index (χ1n) is 9.94. The summed E-state index contributed by atoms with van der Waals surface area (Å²) in [6.07, 6.45) is 3.85. The van der Waals surface area contributed by atoms with Crippen molar-refractivity contribution in [2.24, 2.45) is 5.92 Å². The zero-order valence-corrected chi connectivity index (χ0v) is 18.4. The Morgan fingerprint density at radius 3 is 2.76 bits per heavy atom. The minimum absolute atomic E-state index is 0.154. The maximum atomic E-state index is 12.6. The third kappa shape index (κ3) is 5.64. The number of benzene rings is 1. The molecule has 0 saturated carbocycles. The Kier molecular flexibility index (Phi) is 7.39. The van der Waals surface area contributed by atoms with E-state index in [-0.39, 0.29) is 17.0 Å². The van der Waals surface area contributed by atoms with E-state index in [0.717, 1.165) is 30.4 Å². The summed E-state index contributed by atoms with van der Waals surface area (Å²) < 4.78 is 5.27. The molecule has 7 heteroatoms. The van der Waals surface area contributed by atoms with Crippen LogP contribution in [0.3, 0.4) is 0 Å². The van der Waals surface area contributed by atoms with E-state index in [9.17, 15) is 9.59 Å². The number of rotatable bonds is 6. The predicted molar refractivity (Wildman–Crippen MR) is 121 cm³/mol. The normalized spacial score (nSPS) is 15.3. The smallest absolute Gasteiger partial charge is 0.341 e. The second-order valence-corrected chi connectivity index (χ2v) is 8.78. The molecule has 1 aromatic carbocycles. The average Bonchev–Trinajstić information content (AvgIpc) is 3.04. The van der Waals surface area contributed by atoms with Gasteiger partial charge in [0.2, 0.25) is 5.91 Å². The fourth-order valence-electron chi connectivity index (χ4n) is 3.48. The molecule has 0 aliphatic heterocycles. The second-order valence-electron chi connectivity index (χ2n) is 7.26. The van der Waals surface area contributed by atoms with E-state index in [4.69, 9.17) is 17.0 Å². The lowest BCUT2D eigenvalue weighted by Crippen LogP contribution is -2.34. The van der Waals surface area contributed by atoms with Gasteiger partial charge in [-0.1, -0.05) is 37.3 Å². The Bertz CT molecular complexity index is 893. The van der Waals surface area contributed by atoms with Gasteiger partial charge in [0.25, 0.3) is 0 Å². The lowest BCUT2D eigenvalue weighted by Gasteiger charge is -2.18. The van der Waals surface area contributed by atoms with Crippen molar-refractivity contribution >= 4 is 45.5 Å². The van der Waals surface area contributed by atoms with Crippen molar-refractivity contribution in [3.05, 3.63) is 51.9 Å². The van der Waals surface area contributed by atoms with E-state index in [1.807, 2.05) is 30.3 Å². The second kappa shape index (κ2) is 9.98. The molecule has 1 aliphatic rings. The molecule has 0 bridgehead atoms. The molecule has 0 saturated heterocycles. The number of carbonyl (C=O) groups is 2. The van der Waals surface area contributed by atoms with E-state index in [2.05, 4.69) is 17.6 Å². The Labute approximate surface area is 180 Å². The van der Waals surface area contributed by atoms with Crippen molar-refractivity contribution < 1.29 is 14.3 Å². The van der Waals surface area contributed by atoms with Crippen molar-refractivity contribution in [1.82, 2.24) is 5.32 Å². The fraction of sp³-hybridized carbons (Fsp3) is 0.409. The Morgan fingerprint density at radius 2 is 2.03 bits per heavy atom. The van der Waals surface area contributed by atoms with Gasteiger partial charge in [-0.25, -0.2) is 4.79 Å². The summed E-state index contributed by atoms with van der Waals surface area (Å²) in [5, 5.41) is 6.66. The summed E-state index contributed by atoms with van der Waals surface area (Å²) in [6.45, 7) is 4.33. The third-order valence-corrected chi connectivity index (χ3v) is 6.33. The van der Waals surface area contributed by atoms with E-state index in [0.29, 0.717) is 35.9 Å². The highest BCUT2D eigenvalue weighted by Crippen LogP contribution is 2.40. The van der Waals surface area contributed by atoms with Gasteiger partial charge < -0.3 is 15.4 Å². The summed E-state index contributed by atoms with van der Waals surface area (Å²) in [4.78, 5) is 26.0. The quantitative estimate of drug-likeness (QED) is 0.522. The van der Waals surface area contributed by atoms with Gasteiger partial charge in [0.1, 0.15) is 5.00 Å². The SMILES string of the molecule is CCOC(=O)c1c(NC(=S)NC(=O)CCc2ccccc2)sc2c1CCC(C)C2. The summed E-state index contributed by atoms with van der Waals surface area (Å²) in [7, 11) is 0. The average molecular weight is 431 g/mol. The molecule has 1 atom stereocenters. The van der Waals surface area contributed by atoms with Crippen molar-refractivity contribution in [2.75, 3.05) is 11.9 Å². The van der Waals surface area contributed by atoms with Crippen molar-refractivity contribution in [1.29, 1.82) is 0 Å². The first kappa shape index (κ1) is 21.5. The topological polar surface area (TPSA) is 67.4 Å². The molecular weight excluding hydrogens is 404 g/mol. The molecule has 154 valence electrons. The molecule has 0 radical (unpaired) electrons. The summed E-state index contributed by atoms with van der Waals surface area (Å²) in [6, 6.07) is 9.84. The molecule has 5 nitrogen and oxygen atoms in total. The van der Waals surface area contributed by atoms with Crippen LogP contribution in [0.5, 0.6) is 0 Å². The monoisotopic (exact) mass is 430 g/mol. The van der Waals surface area contributed by atoms with Crippen molar-refractivity contribution in [3.63, 3.8) is 0 Å². The van der Waals surface area contributed by atoms with Gasteiger partial charge in [0, 0.05) is 11.3 Å². The largest absolute Gasteiger partial charge is 0.462 e. The van der Waals surface area contributed by atoms with E-state index in [1.54, 1.807) is 6.92 Å². The number of hydrogen-bond donors (Lipinski definition) is 2. The summed E-state index contributed by atoms with van der Waals surface area (Å²) >= 11 is 6.86. The Morgan fingerprint density at radius 1 is 1.28 bits per heavy atom. The Balaban J connectivity index is 1.66. The molecule has 1 heterocycles. The van der Waals surface area contributed by atoms with Gasteiger partial charge in [0.05, 0.1) is 12.2 Å². The molecule has 1 amide bonds. The lowest BCUT2D eigenvalue weighted by atomic mass is 9.88. The van der Waals surface area contributed by atoms with Crippen LogP contribution in [0.4, 0.5) is 5.00 Å². The number of amides is 1. The summed E-state index contributed by atoms with van der Waals surface area (Å²) in [5.74, 6) is 0.105. The molecule has 0 spiro atoms. The van der Waals surface area contributed by atoms with Gasteiger partial charge >= 0.3 is 5.97 Å². The van der Waals surface area contributed by atoms with Gasteiger partial charge in [-0.05, 0) is 61.9 Å². The van der Waals surface area contributed by atoms with Crippen LogP contribution in [0.15, 0.2) is 30.3 Å². The van der Waals surface area contributed by atoms with Crippen LogP contribution >= 0.6 is 23.6 Å². The highest BCUT2D eigenvalue weighted by molar-refractivity contribution is 7.80. The van der Waals surface area contributed by atoms with Crippen LogP contribution in [0.1, 0.15) is 53.1 Å². The van der Waals surface area contributed by atoms with Gasteiger partial charge in [0.15, 0.2) is 5.11 Å². The van der Waals surface area contributed by atoms with Crippen LogP contribution in [-0.4, -0.2) is 23.6 Å². The van der Waals surface area contributed by atoms with Crippen LogP contribution in [0.25, 0.3) is 0 Å². The fourth-order valence-corrected chi connectivity index (χ4v) is 5.17. The first-order valence-corrected chi connectivity index (χ1v) is 11.2. The molecule has 3 rings (SSSR count). The number of fused-ring (bicyclic) bond motifs is 1. The van der Waals surface area contributed by atoms with Crippen LogP contribution in [0, 0.1) is 5.92 Å². The predicted octanol–water partition coefficient (Wildman–Crippen LogP) is 4.50. The van der Waals surface area contributed by atoms with Crippen LogP contribution in [0.2, 0.25) is 0 Å². The molecule has 0 fully saturated rings. The molecular formula is C22H26N2O3S2. The number of nitrogens with one attached hydrogen (secondary N) is 2. The highest BCUT2D eigenvalue weighted by atomic mass is 32.1. The minimum Gasteiger partial charge on any atom is -0.462 e. The molecule has 2 N–H and O–H groups in total. The zero-order chi connectivity index (χ0) is 20.8. The first-order chi connectivity index (χ1) is 14.0. The number of ether oxygens (including phenoxy) is 1. The van der Waals surface area contributed by atoms with Crippen LogP contribution in [-0.2, 0) is 28.8 Å². The Hall–Kier alpha value is -2.25. The minimum atomic E-state index is -0.333. The van der Waals surface area contributed by atoms with Crippen molar-refractivity contribution in [3.8, 4) is 0 Å². The number of aryl methyl sites for hydroxylation is 1. The third-order valence-electron chi connectivity index (χ3n) is 4.95. The standard InChI is InChI=1S/C22H26N2O3S2/c1-3-27-21(26)19-16-11-9-14(2)13-17(16)29-20(19)24-22(28)23-18(25)12-10-15-7-5-4-6-8-15/h4-8,14H,3,9-13H2,1-2H3,(H2,23,24,25,28). The van der Waals surface area contributed by atoms with Gasteiger partial charge in [-0.2, -0.15) is 0 Å². The maximum Gasteiger partial charge on any atom is 0.341 e. The number of carbonyl (C=O) groups excluding carboxylic acids is 2. The van der Waals surface area contributed by atoms with E-state index < -0.39 is 0 Å². The number of thiocarbonyl (C=S) groups is 1. The number of thiophene rings is 1. The molecule has 1 aliphatic carbocycles. The van der Waals surface area contributed by atoms with E-state index >= 15 is 0 Å². The number of hydrogen-bond acceptors (Lipinski definition) is 5. The van der Waals surface area contributed by atoms with Gasteiger partial charge in [-0.3, -0.25) is 4.79 Å². The van der Waals surface area contributed by atoms with Crippen molar-refractivity contribution in [2.45, 2.75) is 46.0 Å². The molecule has 2 aromatic rings. The van der Waals surface area contributed by atoms with Gasteiger partial charge in [-0.15, -0.1) is 11.3 Å².